The predicted molar refractivity (Wildman–Crippen MR) is 96.2 cm³/mol. The van der Waals surface area contributed by atoms with Crippen molar-refractivity contribution in [1.29, 1.82) is 0 Å². The van der Waals surface area contributed by atoms with Gasteiger partial charge in [-0.05, 0) is 61.6 Å². The number of hydrogen-bond acceptors (Lipinski definition) is 3. The molecule has 4 nitrogen and oxygen atoms in total. The van der Waals surface area contributed by atoms with E-state index in [1.165, 1.54) is 18.4 Å². The summed E-state index contributed by atoms with van der Waals surface area (Å²) in [6.45, 7) is 0.508. The van der Waals surface area contributed by atoms with Crippen LogP contribution in [0.5, 0.6) is 11.5 Å². The van der Waals surface area contributed by atoms with Crippen molar-refractivity contribution in [3.63, 3.8) is 0 Å². The average Bonchev–Trinajstić information content (AvgIpc) is 3.29. The lowest BCUT2D eigenvalue weighted by Gasteiger charge is -2.14. The third-order valence-corrected chi connectivity index (χ3v) is 4.93. The van der Waals surface area contributed by atoms with Crippen LogP contribution < -0.4 is 14.8 Å². The second-order valence-corrected chi connectivity index (χ2v) is 6.81. The molecule has 25 heavy (non-hydrogen) atoms. The van der Waals surface area contributed by atoms with E-state index in [0.29, 0.717) is 18.2 Å². The Hall–Kier alpha value is -2.49. The summed E-state index contributed by atoms with van der Waals surface area (Å²) >= 11 is 0. The molecule has 0 spiro atoms. The van der Waals surface area contributed by atoms with Gasteiger partial charge in [0.05, 0.1) is 12.6 Å². The fourth-order valence-corrected chi connectivity index (χ4v) is 3.56. The largest absolute Gasteiger partial charge is 0.490 e. The Kier molecular flexibility index (Phi) is 4.59. The molecule has 2 aliphatic rings. The molecule has 0 saturated heterocycles. The summed E-state index contributed by atoms with van der Waals surface area (Å²) in [7, 11) is 0. The van der Waals surface area contributed by atoms with Gasteiger partial charge < -0.3 is 14.8 Å². The monoisotopic (exact) mass is 337 g/mol. The molecule has 1 fully saturated rings. The number of rotatable bonds is 5. The summed E-state index contributed by atoms with van der Waals surface area (Å²) in [5, 5.41) is 2.96. The van der Waals surface area contributed by atoms with Crippen LogP contribution in [-0.2, 0) is 6.42 Å². The molecule has 4 heteroatoms. The highest BCUT2D eigenvalue weighted by Crippen LogP contribution is 2.28. The van der Waals surface area contributed by atoms with Gasteiger partial charge in [0.2, 0.25) is 0 Å². The first-order valence-corrected chi connectivity index (χ1v) is 9.07. The van der Waals surface area contributed by atoms with E-state index in [9.17, 15) is 4.79 Å². The number of carbonyl (C=O) groups excluding carboxylic acids is 1. The highest BCUT2D eigenvalue weighted by Gasteiger charge is 2.23. The van der Waals surface area contributed by atoms with E-state index in [1.54, 1.807) is 0 Å². The quantitative estimate of drug-likeness (QED) is 0.904. The summed E-state index contributed by atoms with van der Waals surface area (Å²) in [5.74, 6) is 1.69. The van der Waals surface area contributed by atoms with Crippen molar-refractivity contribution in [2.24, 2.45) is 0 Å². The molecule has 1 atom stereocenters. The Labute approximate surface area is 148 Å². The summed E-state index contributed by atoms with van der Waals surface area (Å²) in [4.78, 5) is 12.3. The van der Waals surface area contributed by atoms with Crippen molar-refractivity contribution in [2.75, 3.05) is 6.54 Å². The SMILES string of the molecule is O=C(NCC1Cc2ccccc2O1)c1ccc(OC2CCCC2)cc1. The Bertz CT molecular complexity index is 710. The second-order valence-electron chi connectivity index (χ2n) is 6.81. The molecule has 1 amide bonds. The Morgan fingerprint density at radius 3 is 2.60 bits per heavy atom. The van der Waals surface area contributed by atoms with Gasteiger partial charge in [-0.3, -0.25) is 4.79 Å². The van der Waals surface area contributed by atoms with Crippen molar-refractivity contribution in [2.45, 2.75) is 44.3 Å². The second kappa shape index (κ2) is 7.18. The van der Waals surface area contributed by atoms with Crippen LogP contribution in [0.15, 0.2) is 48.5 Å². The van der Waals surface area contributed by atoms with Crippen LogP contribution in [0.3, 0.4) is 0 Å². The highest BCUT2D eigenvalue weighted by atomic mass is 16.5. The maximum atomic E-state index is 12.3. The summed E-state index contributed by atoms with van der Waals surface area (Å²) in [5.41, 5.74) is 1.85. The molecule has 4 rings (SSSR count). The number of para-hydroxylation sites is 1. The lowest BCUT2D eigenvalue weighted by atomic mass is 10.1. The lowest BCUT2D eigenvalue weighted by molar-refractivity contribution is 0.0933. The van der Waals surface area contributed by atoms with E-state index in [1.807, 2.05) is 42.5 Å². The fourth-order valence-electron chi connectivity index (χ4n) is 3.56. The fraction of sp³-hybridized carbons (Fsp3) is 0.381. The van der Waals surface area contributed by atoms with Crippen LogP contribution in [0.1, 0.15) is 41.6 Å². The van der Waals surface area contributed by atoms with Gasteiger partial charge in [0.15, 0.2) is 0 Å². The van der Waals surface area contributed by atoms with Crippen molar-refractivity contribution in [3.8, 4) is 11.5 Å². The molecule has 0 radical (unpaired) electrons. The molecule has 2 aromatic carbocycles. The summed E-state index contributed by atoms with van der Waals surface area (Å²) in [6.07, 6.45) is 5.94. The van der Waals surface area contributed by atoms with Gasteiger partial charge in [-0.2, -0.15) is 0 Å². The van der Waals surface area contributed by atoms with E-state index in [-0.39, 0.29) is 12.0 Å². The normalized spacial score (nSPS) is 19.3. The summed E-state index contributed by atoms with van der Waals surface area (Å²) < 4.78 is 11.8. The molecule has 1 N–H and O–H groups in total. The van der Waals surface area contributed by atoms with Crippen LogP contribution >= 0.6 is 0 Å². The van der Waals surface area contributed by atoms with Crippen molar-refractivity contribution in [1.82, 2.24) is 5.32 Å². The maximum Gasteiger partial charge on any atom is 0.251 e. The third-order valence-electron chi connectivity index (χ3n) is 4.93. The van der Waals surface area contributed by atoms with Gasteiger partial charge >= 0.3 is 0 Å². The minimum atomic E-state index is -0.0769. The van der Waals surface area contributed by atoms with Gasteiger partial charge in [-0.25, -0.2) is 0 Å². The minimum absolute atomic E-state index is 0.00585. The zero-order valence-corrected chi connectivity index (χ0v) is 14.2. The van der Waals surface area contributed by atoms with Crippen LogP contribution in [0, 0.1) is 0 Å². The molecule has 2 aromatic rings. The van der Waals surface area contributed by atoms with Crippen LogP contribution in [0.2, 0.25) is 0 Å². The standard InChI is InChI=1S/C21H23NO3/c23-21(22-14-19-13-16-5-1-4-8-20(16)25-19)15-9-11-18(12-10-15)24-17-6-2-3-7-17/h1,4-5,8-12,17,19H,2-3,6-7,13-14H2,(H,22,23). The molecule has 0 bridgehead atoms. The number of amides is 1. The van der Waals surface area contributed by atoms with E-state index < -0.39 is 0 Å². The summed E-state index contributed by atoms with van der Waals surface area (Å²) in [6, 6.07) is 15.4. The first-order chi connectivity index (χ1) is 12.3. The zero-order valence-electron chi connectivity index (χ0n) is 14.2. The Morgan fingerprint density at radius 1 is 1.08 bits per heavy atom. The molecule has 1 aliphatic heterocycles. The molecule has 1 aliphatic carbocycles. The first kappa shape index (κ1) is 16.0. The van der Waals surface area contributed by atoms with Crippen LogP contribution in [-0.4, -0.2) is 24.7 Å². The first-order valence-electron chi connectivity index (χ1n) is 9.07. The van der Waals surface area contributed by atoms with Crippen molar-refractivity contribution in [3.05, 3.63) is 59.7 Å². The average molecular weight is 337 g/mol. The molecule has 0 aromatic heterocycles. The van der Waals surface area contributed by atoms with Crippen molar-refractivity contribution < 1.29 is 14.3 Å². The Morgan fingerprint density at radius 2 is 1.84 bits per heavy atom. The number of hydrogen-bond donors (Lipinski definition) is 1. The molecular formula is C21H23NO3. The lowest BCUT2D eigenvalue weighted by Crippen LogP contribution is -2.34. The third kappa shape index (κ3) is 3.78. The van der Waals surface area contributed by atoms with Gasteiger partial charge in [0.25, 0.3) is 5.91 Å². The zero-order chi connectivity index (χ0) is 17.1. The maximum absolute atomic E-state index is 12.3. The molecule has 130 valence electrons. The number of ether oxygens (including phenoxy) is 2. The van der Waals surface area contributed by atoms with Crippen LogP contribution in [0.4, 0.5) is 0 Å². The Balaban J connectivity index is 1.28. The molecule has 1 heterocycles. The molecule has 1 unspecified atom stereocenters. The molecular weight excluding hydrogens is 314 g/mol. The van der Waals surface area contributed by atoms with Gasteiger partial charge in [-0.15, -0.1) is 0 Å². The number of fused-ring (bicyclic) bond motifs is 1. The number of carbonyl (C=O) groups is 1. The smallest absolute Gasteiger partial charge is 0.251 e. The number of nitrogens with one attached hydrogen (secondary N) is 1. The van der Waals surface area contributed by atoms with Gasteiger partial charge in [0.1, 0.15) is 17.6 Å². The topological polar surface area (TPSA) is 47.6 Å². The predicted octanol–water partition coefficient (Wildman–Crippen LogP) is 3.74. The van der Waals surface area contributed by atoms with E-state index >= 15 is 0 Å². The highest BCUT2D eigenvalue weighted by molar-refractivity contribution is 5.94. The minimum Gasteiger partial charge on any atom is -0.490 e. The van der Waals surface area contributed by atoms with E-state index in [4.69, 9.17) is 9.47 Å². The molecule has 1 saturated carbocycles. The number of benzene rings is 2. The van der Waals surface area contributed by atoms with E-state index in [2.05, 4.69) is 11.4 Å². The van der Waals surface area contributed by atoms with Gasteiger partial charge in [-0.1, -0.05) is 18.2 Å². The van der Waals surface area contributed by atoms with Crippen molar-refractivity contribution >= 4 is 5.91 Å². The van der Waals surface area contributed by atoms with Gasteiger partial charge in [0, 0.05) is 12.0 Å². The van der Waals surface area contributed by atoms with E-state index in [0.717, 1.165) is 30.8 Å². The van der Waals surface area contributed by atoms with Crippen LogP contribution in [0.25, 0.3) is 0 Å².